The molecule has 0 saturated heterocycles. The van der Waals surface area contributed by atoms with Crippen molar-refractivity contribution in [2.24, 2.45) is 5.41 Å². The summed E-state index contributed by atoms with van der Waals surface area (Å²) in [6.45, 7) is 8.43. The summed E-state index contributed by atoms with van der Waals surface area (Å²) in [5, 5.41) is 9.91. The van der Waals surface area contributed by atoms with E-state index in [9.17, 15) is 5.11 Å². The maximum Gasteiger partial charge on any atom is 0.0940 e. The van der Waals surface area contributed by atoms with Gasteiger partial charge < -0.3 is 5.11 Å². The van der Waals surface area contributed by atoms with Crippen LogP contribution in [-0.4, -0.2) is 11.2 Å². The van der Waals surface area contributed by atoms with Crippen LogP contribution < -0.4 is 0 Å². The van der Waals surface area contributed by atoms with E-state index in [0.29, 0.717) is 0 Å². The van der Waals surface area contributed by atoms with Gasteiger partial charge in [0.05, 0.1) is 6.10 Å². The zero-order valence-electron chi connectivity index (χ0n) is 9.54. The standard InChI is InChI=1S/C13H20O/c1-5-6-12(14)11-8-7-10(2)9-13(11,3)4/h5-8,12,14H,9H2,1-4H3/b6-5+. The molecule has 0 aliphatic heterocycles. The maximum atomic E-state index is 9.91. The third kappa shape index (κ3) is 2.36. The van der Waals surface area contributed by atoms with Crippen molar-refractivity contribution in [3.8, 4) is 0 Å². The number of allylic oxidation sites excluding steroid dienone is 4. The summed E-state index contributed by atoms with van der Waals surface area (Å²) >= 11 is 0. The predicted octanol–water partition coefficient (Wildman–Crippen LogP) is 3.23. The number of aliphatic hydroxyl groups is 1. The molecule has 1 nitrogen and oxygen atoms in total. The lowest BCUT2D eigenvalue weighted by atomic mass is 9.73. The zero-order valence-corrected chi connectivity index (χ0v) is 9.54. The van der Waals surface area contributed by atoms with Crippen LogP contribution in [0, 0.1) is 5.41 Å². The molecule has 0 spiro atoms. The van der Waals surface area contributed by atoms with E-state index < -0.39 is 6.10 Å². The highest BCUT2D eigenvalue weighted by Crippen LogP contribution is 2.38. The highest BCUT2D eigenvalue weighted by Gasteiger charge is 2.29. The van der Waals surface area contributed by atoms with Crippen LogP contribution in [0.4, 0.5) is 0 Å². The van der Waals surface area contributed by atoms with Crippen LogP contribution in [0.3, 0.4) is 0 Å². The highest BCUT2D eigenvalue weighted by atomic mass is 16.3. The van der Waals surface area contributed by atoms with E-state index in [0.717, 1.165) is 12.0 Å². The first-order valence-corrected chi connectivity index (χ1v) is 5.16. The summed E-state index contributed by atoms with van der Waals surface area (Å²) in [6, 6.07) is 0. The van der Waals surface area contributed by atoms with E-state index in [-0.39, 0.29) is 5.41 Å². The van der Waals surface area contributed by atoms with Crippen molar-refractivity contribution in [2.45, 2.75) is 40.2 Å². The molecule has 0 aromatic carbocycles. The van der Waals surface area contributed by atoms with Gasteiger partial charge >= 0.3 is 0 Å². The molecule has 0 saturated carbocycles. The molecular weight excluding hydrogens is 172 g/mol. The van der Waals surface area contributed by atoms with Gasteiger partial charge in [0, 0.05) is 0 Å². The Kier molecular flexibility index (Phi) is 3.33. The molecule has 1 N–H and O–H groups in total. The molecule has 0 radical (unpaired) electrons. The minimum absolute atomic E-state index is 0.0811. The lowest BCUT2D eigenvalue weighted by Gasteiger charge is -2.33. The molecule has 1 aliphatic rings. The lowest BCUT2D eigenvalue weighted by Crippen LogP contribution is -2.25. The molecule has 0 aromatic heterocycles. The first-order chi connectivity index (χ1) is 6.47. The molecular formula is C13H20O. The van der Waals surface area contributed by atoms with Crippen molar-refractivity contribution in [3.63, 3.8) is 0 Å². The number of hydrogen-bond acceptors (Lipinski definition) is 1. The third-order valence-electron chi connectivity index (χ3n) is 2.74. The van der Waals surface area contributed by atoms with Crippen LogP contribution in [0.1, 0.15) is 34.1 Å². The molecule has 0 aromatic rings. The van der Waals surface area contributed by atoms with Crippen molar-refractivity contribution in [1.29, 1.82) is 0 Å². The minimum atomic E-state index is -0.431. The van der Waals surface area contributed by atoms with Crippen molar-refractivity contribution >= 4 is 0 Å². The van der Waals surface area contributed by atoms with Crippen LogP contribution >= 0.6 is 0 Å². The Morgan fingerprint density at radius 3 is 2.57 bits per heavy atom. The molecule has 1 heteroatoms. The molecule has 0 bridgehead atoms. The van der Waals surface area contributed by atoms with E-state index in [1.54, 1.807) is 0 Å². The highest BCUT2D eigenvalue weighted by molar-refractivity contribution is 5.33. The second-order valence-electron chi connectivity index (χ2n) is 4.67. The second kappa shape index (κ2) is 4.14. The number of aliphatic hydroxyl groups excluding tert-OH is 1. The van der Waals surface area contributed by atoms with Crippen LogP contribution in [0.25, 0.3) is 0 Å². The maximum absolute atomic E-state index is 9.91. The van der Waals surface area contributed by atoms with Gasteiger partial charge in [-0.25, -0.2) is 0 Å². The predicted molar refractivity (Wildman–Crippen MR) is 61.1 cm³/mol. The van der Waals surface area contributed by atoms with Gasteiger partial charge in [-0.3, -0.25) is 0 Å². The Morgan fingerprint density at radius 2 is 2.07 bits per heavy atom. The quantitative estimate of drug-likeness (QED) is 0.666. The Balaban J connectivity index is 2.95. The second-order valence-corrected chi connectivity index (χ2v) is 4.67. The van der Waals surface area contributed by atoms with Crippen LogP contribution in [0.15, 0.2) is 35.5 Å². The average molecular weight is 192 g/mol. The molecule has 1 unspecified atom stereocenters. The molecule has 0 heterocycles. The topological polar surface area (TPSA) is 20.2 Å². The molecule has 1 rings (SSSR count). The lowest BCUT2D eigenvalue weighted by molar-refractivity contribution is 0.221. The normalized spacial score (nSPS) is 23.2. The van der Waals surface area contributed by atoms with Gasteiger partial charge in [0.2, 0.25) is 0 Å². The molecule has 0 fully saturated rings. The summed E-state index contributed by atoms with van der Waals surface area (Å²) in [4.78, 5) is 0. The fourth-order valence-electron chi connectivity index (χ4n) is 2.10. The third-order valence-corrected chi connectivity index (χ3v) is 2.74. The van der Waals surface area contributed by atoms with Crippen molar-refractivity contribution in [2.75, 3.05) is 0 Å². The van der Waals surface area contributed by atoms with E-state index in [4.69, 9.17) is 0 Å². The van der Waals surface area contributed by atoms with Gasteiger partial charge in [0.15, 0.2) is 0 Å². The molecule has 14 heavy (non-hydrogen) atoms. The number of rotatable bonds is 2. The van der Waals surface area contributed by atoms with Crippen LogP contribution in [0.5, 0.6) is 0 Å². The first kappa shape index (κ1) is 11.3. The van der Waals surface area contributed by atoms with E-state index in [1.165, 1.54) is 5.57 Å². The van der Waals surface area contributed by atoms with Crippen molar-refractivity contribution in [1.82, 2.24) is 0 Å². The average Bonchev–Trinajstić information content (AvgIpc) is 2.01. The largest absolute Gasteiger partial charge is 0.385 e. The minimum Gasteiger partial charge on any atom is -0.385 e. The Hall–Kier alpha value is -0.820. The zero-order chi connectivity index (χ0) is 10.8. The SMILES string of the molecule is C/C=C/C(O)C1=CC=C(C)CC1(C)C. The van der Waals surface area contributed by atoms with Gasteiger partial charge in [-0.2, -0.15) is 0 Å². The summed E-state index contributed by atoms with van der Waals surface area (Å²) in [7, 11) is 0. The van der Waals surface area contributed by atoms with Gasteiger partial charge in [-0.15, -0.1) is 0 Å². The van der Waals surface area contributed by atoms with E-state index in [1.807, 2.05) is 19.1 Å². The van der Waals surface area contributed by atoms with E-state index >= 15 is 0 Å². The van der Waals surface area contributed by atoms with Crippen LogP contribution in [-0.2, 0) is 0 Å². The van der Waals surface area contributed by atoms with Gasteiger partial charge in [0.25, 0.3) is 0 Å². The summed E-state index contributed by atoms with van der Waals surface area (Å²) in [5.41, 5.74) is 2.57. The summed E-state index contributed by atoms with van der Waals surface area (Å²) in [6.07, 6.45) is 8.50. The summed E-state index contributed by atoms with van der Waals surface area (Å²) in [5.74, 6) is 0. The first-order valence-electron chi connectivity index (χ1n) is 5.16. The monoisotopic (exact) mass is 192 g/mol. The van der Waals surface area contributed by atoms with Gasteiger partial charge in [-0.1, -0.05) is 43.7 Å². The molecule has 1 atom stereocenters. The molecule has 78 valence electrons. The van der Waals surface area contributed by atoms with Crippen molar-refractivity contribution < 1.29 is 5.11 Å². The Bertz CT molecular complexity index is 292. The smallest absolute Gasteiger partial charge is 0.0940 e. The van der Waals surface area contributed by atoms with E-state index in [2.05, 4.69) is 32.9 Å². The Labute approximate surface area is 86.8 Å². The fraction of sp³-hybridized carbons (Fsp3) is 0.538. The van der Waals surface area contributed by atoms with Crippen LogP contribution in [0.2, 0.25) is 0 Å². The Morgan fingerprint density at radius 1 is 1.43 bits per heavy atom. The summed E-state index contributed by atoms with van der Waals surface area (Å²) < 4.78 is 0. The van der Waals surface area contributed by atoms with Gasteiger partial charge in [0.1, 0.15) is 0 Å². The number of hydrogen-bond donors (Lipinski definition) is 1. The molecule has 1 aliphatic carbocycles. The van der Waals surface area contributed by atoms with Crippen molar-refractivity contribution in [3.05, 3.63) is 35.5 Å². The fourth-order valence-corrected chi connectivity index (χ4v) is 2.10. The van der Waals surface area contributed by atoms with Gasteiger partial charge in [-0.05, 0) is 31.3 Å². The molecule has 0 amide bonds.